The Morgan fingerprint density at radius 3 is 2.70 bits per heavy atom. The van der Waals surface area contributed by atoms with E-state index in [1.165, 1.54) is 6.07 Å². The Morgan fingerprint density at radius 1 is 1.07 bits per heavy atom. The van der Waals surface area contributed by atoms with Gasteiger partial charge in [0.05, 0.1) is 0 Å². The van der Waals surface area contributed by atoms with E-state index in [0.717, 1.165) is 11.2 Å². The SMILES string of the molecule is O=C(Nc1ccn2ccnc2c1)N1CCN(Cc2ccc3c(c2)OC(F)(F)O3)CC1. The molecular formula is C20H19F2N5O3. The zero-order valence-electron chi connectivity index (χ0n) is 15.9. The molecule has 0 saturated carbocycles. The van der Waals surface area contributed by atoms with Crippen LogP contribution in [-0.2, 0) is 6.54 Å². The molecule has 2 aromatic heterocycles. The number of rotatable bonds is 3. The van der Waals surface area contributed by atoms with Gasteiger partial charge in [0.15, 0.2) is 11.5 Å². The highest BCUT2D eigenvalue weighted by Crippen LogP contribution is 2.41. The lowest BCUT2D eigenvalue weighted by atomic mass is 10.1. The van der Waals surface area contributed by atoms with Crippen molar-refractivity contribution in [3.05, 3.63) is 54.5 Å². The molecular weight excluding hydrogens is 396 g/mol. The molecule has 0 radical (unpaired) electrons. The smallest absolute Gasteiger partial charge is 0.395 e. The predicted octanol–water partition coefficient (Wildman–Crippen LogP) is 3.01. The van der Waals surface area contributed by atoms with Crippen molar-refractivity contribution in [2.75, 3.05) is 31.5 Å². The van der Waals surface area contributed by atoms with Gasteiger partial charge in [-0.05, 0) is 23.8 Å². The summed E-state index contributed by atoms with van der Waals surface area (Å²) in [6, 6.07) is 8.29. The van der Waals surface area contributed by atoms with Crippen LogP contribution >= 0.6 is 0 Å². The summed E-state index contributed by atoms with van der Waals surface area (Å²) < 4.78 is 37.1. The number of hydrogen-bond acceptors (Lipinski definition) is 5. The monoisotopic (exact) mass is 415 g/mol. The number of ether oxygens (including phenoxy) is 2. The van der Waals surface area contributed by atoms with Crippen molar-refractivity contribution in [1.29, 1.82) is 0 Å². The lowest BCUT2D eigenvalue weighted by Crippen LogP contribution is -2.49. The fourth-order valence-electron chi connectivity index (χ4n) is 3.65. The molecule has 0 bridgehead atoms. The van der Waals surface area contributed by atoms with Crippen molar-refractivity contribution in [3.8, 4) is 11.5 Å². The number of nitrogens with zero attached hydrogens (tertiary/aromatic N) is 4. The van der Waals surface area contributed by atoms with Crippen LogP contribution in [-0.4, -0.2) is 57.7 Å². The maximum atomic E-state index is 13.2. The maximum Gasteiger partial charge on any atom is 0.586 e. The molecule has 0 spiro atoms. The van der Waals surface area contributed by atoms with Gasteiger partial charge in [0.2, 0.25) is 0 Å². The number of carbonyl (C=O) groups excluding carboxylic acids is 1. The number of hydrogen-bond donors (Lipinski definition) is 1. The summed E-state index contributed by atoms with van der Waals surface area (Å²) in [4.78, 5) is 20.7. The summed E-state index contributed by atoms with van der Waals surface area (Å²) in [7, 11) is 0. The number of imidazole rings is 1. The molecule has 2 aliphatic rings. The molecule has 0 atom stereocenters. The van der Waals surface area contributed by atoms with E-state index >= 15 is 0 Å². The van der Waals surface area contributed by atoms with Gasteiger partial charge in [-0.3, -0.25) is 4.90 Å². The number of halogens is 2. The number of anilines is 1. The highest BCUT2D eigenvalue weighted by atomic mass is 19.3. The summed E-state index contributed by atoms with van der Waals surface area (Å²) >= 11 is 0. The number of aromatic nitrogens is 2. The molecule has 30 heavy (non-hydrogen) atoms. The highest BCUT2D eigenvalue weighted by Gasteiger charge is 2.43. The highest BCUT2D eigenvalue weighted by molar-refractivity contribution is 5.89. The third-order valence-corrected chi connectivity index (χ3v) is 5.18. The van der Waals surface area contributed by atoms with Crippen molar-refractivity contribution >= 4 is 17.4 Å². The average molecular weight is 415 g/mol. The second-order valence-electron chi connectivity index (χ2n) is 7.25. The first-order valence-corrected chi connectivity index (χ1v) is 9.55. The second-order valence-corrected chi connectivity index (χ2v) is 7.25. The van der Waals surface area contributed by atoms with E-state index in [0.29, 0.717) is 38.4 Å². The Hall–Kier alpha value is -3.40. The van der Waals surface area contributed by atoms with Gasteiger partial charge in [-0.25, -0.2) is 9.78 Å². The topological polar surface area (TPSA) is 71.3 Å². The number of piperazine rings is 1. The van der Waals surface area contributed by atoms with E-state index in [2.05, 4.69) is 24.7 Å². The quantitative estimate of drug-likeness (QED) is 0.712. The number of nitrogens with one attached hydrogen (secondary N) is 1. The van der Waals surface area contributed by atoms with Crippen molar-refractivity contribution in [2.24, 2.45) is 0 Å². The molecule has 5 rings (SSSR count). The number of pyridine rings is 1. The summed E-state index contributed by atoms with van der Waals surface area (Å²) in [6.07, 6.45) is 1.77. The summed E-state index contributed by atoms with van der Waals surface area (Å²) in [5, 5.41) is 2.91. The van der Waals surface area contributed by atoms with Crippen LogP contribution in [0.5, 0.6) is 11.5 Å². The predicted molar refractivity (Wildman–Crippen MR) is 104 cm³/mol. The minimum Gasteiger partial charge on any atom is -0.395 e. The number of fused-ring (bicyclic) bond motifs is 2. The molecule has 156 valence electrons. The molecule has 3 aromatic rings. The summed E-state index contributed by atoms with van der Waals surface area (Å²) in [5.41, 5.74) is 2.30. The third kappa shape index (κ3) is 3.73. The van der Waals surface area contributed by atoms with Crippen LogP contribution in [0.1, 0.15) is 5.56 Å². The van der Waals surface area contributed by atoms with Crippen LogP contribution in [0.3, 0.4) is 0 Å². The van der Waals surface area contributed by atoms with Gasteiger partial charge in [-0.1, -0.05) is 6.07 Å². The minimum absolute atomic E-state index is 0.0405. The van der Waals surface area contributed by atoms with Crippen molar-refractivity contribution < 1.29 is 23.0 Å². The van der Waals surface area contributed by atoms with E-state index in [1.807, 2.05) is 28.9 Å². The van der Waals surface area contributed by atoms with Gasteiger partial charge in [0.25, 0.3) is 0 Å². The first kappa shape index (κ1) is 18.6. The summed E-state index contributed by atoms with van der Waals surface area (Å²) in [6.45, 7) is 3.07. The molecule has 1 saturated heterocycles. The van der Waals surface area contributed by atoms with Gasteiger partial charge >= 0.3 is 12.3 Å². The van der Waals surface area contributed by atoms with Crippen molar-refractivity contribution in [3.63, 3.8) is 0 Å². The first-order chi connectivity index (χ1) is 14.4. The van der Waals surface area contributed by atoms with Gasteiger partial charge in [-0.2, -0.15) is 0 Å². The summed E-state index contributed by atoms with van der Waals surface area (Å²) in [5.74, 6) is 0.0868. The maximum absolute atomic E-state index is 13.2. The van der Waals surface area contributed by atoms with Gasteiger partial charge in [-0.15, -0.1) is 8.78 Å². The lowest BCUT2D eigenvalue weighted by molar-refractivity contribution is -0.286. The van der Waals surface area contributed by atoms with Crippen LogP contribution < -0.4 is 14.8 Å². The zero-order chi connectivity index (χ0) is 20.7. The second kappa shape index (κ2) is 7.13. The molecule has 8 nitrogen and oxygen atoms in total. The van der Waals surface area contributed by atoms with E-state index in [4.69, 9.17) is 0 Å². The Kier molecular flexibility index (Phi) is 4.43. The number of carbonyl (C=O) groups is 1. The van der Waals surface area contributed by atoms with Crippen LogP contribution in [0.15, 0.2) is 48.9 Å². The standard InChI is InChI=1S/C20H19F2N5O3/c21-20(22)29-16-2-1-14(11-17(16)30-20)13-25-7-9-27(10-8-25)19(28)24-15-3-5-26-6-4-23-18(26)12-15/h1-6,11-12H,7-10,13H2,(H,24,28). The molecule has 0 unspecified atom stereocenters. The largest absolute Gasteiger partial charge is 0.586 e. The fraction of sp³-hybridized carbons (Fsp3) is 0.300. The first-order valence-electron chi connectivity index (χ1n) is 9.55. The van der Waals surface area contributed by atoms with E-state index < -0.39 is 6.29 Å². The normalized spacial score (nSPS) is 18.0. The van der Waals surface area contributed by atoms with Crippen LogP contribution in [0.2, 0.25) is 0 Å². The number of amides is 2. The Morgan fingerprint density at radius 2 is 1.87 bits per heavy atom. The molecule has 1 fully saturated rings. The zero-order valence-corrected chi connectivity index (χ0v) is 15.9. The minimum atomic E-state index is -3.61. The number of benzene rings is 1. The molecule has 1 N–H and O–H groups in total. The fourth-order valence-corrected chi connectivity index (χ4v) is 3.65. The van der Waals surface area contributed by atoms with E-state index in [-0.39, 0.29) is 17.5 Å². The van der Waals surface area contributed by atoms with Crippen LogP contribution in [0.4, 0.5) is 19.3 Å². The molecule has 10 heteroatoms. The van der Waals surface area contributed by atoms with Gasteiger partial charge < -0.3 is 24.1 Å². The Bertz CT molecular complexity index is 1090. The van der Waals surface area contributed by atoms with Gasteiger partial charge in [0, 0.05) is 63.1 Å². The Balaban J connectivity index is 1.15. The molecule has 1 aromatic carbocycles. The number of alkyl halides is 2. The molecule has 2 amide bonds. The van der Waals surface area contributed by atoms with E-state index in [9.17, 15) is 13.6 Å². The third-order valence-electron chi connectivity index (χ3n) is 5.18. The van der Waals surface area contributed by atoms with E-state index in [1.54, 1.807) is 23.2 Å². The molecule has 4 heterocycles. The Labute approximate surface area is 170 Å². The average Bonchev–Trinajstić information content (AvgIpc) is 3.30. The molecule has 0 aliphatic carbocycles. The molecule has 2 aliphatic heterocycles. The van der Waals surface area contributed by atoms with Crippen molar-refractivity contribution in [2.45, 2.75) is 12.8 Å². The van der Waals surface area contributed by atoms with Crippen LogP contribution in [0.25, 0.3) is 5.65 Å². The number of urea groups is 1. The lowest BCUT2D eigenvalue weighted by Gasteiger charge is -2.34. The van der Waals surface area contributed by atoms with Gasteiger partial charge in [0.1, 0.15) is 5.65 Å². The van der Waals surface area contributed by atoms with Crippen LogP contribution in [0, 0.1) is 0 Å². The van der Waals surface area contributed by atoms with Crippen molar-refractivity contribution in [1.82, 2.24) is 19.2 Å².